The SMILES string of the molecule is CCCN(CCOC(C)(C)C)CC(=O)OC. The summed E-state index contributed by atoms with van der Waals surface area (Å²) in [5.41, 5.74) is -0.122. The zero-order chi connectivity index (χ0) is 12.6. The molecular formula is C12H25NO3. The Kier molecular flexibility index (Phi) is 7.34. The van der Waals surface area contributed by atoms with Crippen LogP contribution in [0.1, 0.15) is 34.1 Å². The summed E-state index contributed by atoms with van der Waals surface area (Å²) in [5.74, 6) is -0.191. The van der Waals surface area contributed by atoms with Gasteiger partial charge in [-0.05, 0) is 33.7 Å². The molecule has 0 spiro atoms. The van der Waals surface area contributed by atoms with Crippen LogP contribution in [0.4, 0.5) is 0 Å². The molecule has 96 valence electrons. The van der Waals surface area contributed by atoms with E-state index < -0.39 is 0 Å². The third kappa shape index (κ3) is 8.68. The fraction of sp³-hybridized carbons (Fsp3) is 0.917. The molecule has 0 aliphatic carbocycles. The highest BCUT2D eigenvalue weighted by atomic mass is 16.5. The Morgan fingerprint density at radius 1 is 1.25 bits per heavy atom. The minimum atomic E-state index is -0.191. The van der Waals surface area contributed by atoms with Crippen molar-refractivity contribution >= 4 is 5.97 Å². The van der Waals surface area contributed by atoms with Crippen molar-refractivity contribution in [2.45, 2.75) is 39.7 Å². The molecule has 0 radical (unpaired) electrons. The van der Waals surface area contributed by atoms with Gasteiger partial charge in [-0.2, -0.15) is 0 Å². The molecule has 0 heterocycles. The largest absolute Gasteiger partial charge is 0.468 e. The van der Waals surface area contributed by atoms with Crippen LogP contribution in [0, 0.1) is 0 Å². The van der Waals surface area contributed by atoms with Gasteiger partial charge in [-0.1, -0.05) is 6.92 Å². The first-order valence-corrected chi connectivity index (χ1v) is 5.82. The topological polar surface area (TPSA) is 38.8 Å². The van der Waals surface area contributed by atoms with Gasteiger partial charge < -0.3 is 9.47 Å². The molecule has 0 saturated heterocycles. The van der Waals surface area contributed by atoms with Crippen LogP contribution in [0.5, 0.6) is 0 Å². The maximum absolute atomic E-state index is 11.2. The monoisotopic (exact) mass is 231 g/mol. The molecule has 0 aromatic carbocycles. The van der Waals surface area contributed by atoms with E-state index >= 15 is 0 Å². The molecule has 0 bridgehead atoms. The minimum absolute atomic E-state index is 0.122. The first-order chi connectivity index (χ1) is 7.39. The molecule has 0 amide bonds. The Hall–Kier alpha value is -0.610. The lowest BCUT2D eigenvalue weighted by Crippen LogP contribution is -2.35. The fourth-order valence-electron chi connectivity index (χ4n) is 1.31. The van der Waals surface area contributed by atoms with E-state index in [1.54, 1.807) is 0 Å². The van der Waals surface area contributed by atoms with Crippen molar-refractivity contribution in [1.82, 2.24) is 4.90 Å². The molecule has 0 fully saturated rings. The van der Waals surface area contributed by atoms with Gasteiger partial charge in [0, 0.05) is 6.54 Å². The summed E-state index contributed by atoms with van der Waals surface area (Å²) in [6.45, 7) is 10.8. The molecule has 0 rings (SSSR count). The number of carbonyl (C=O) groups excluding carboxylic acids is 1. The van der Waals surface area contributed by atoms with Gasteiger partial charge in [-0.15, -0.1) is 0 Å². The van der Waals surface area contributed by atoms with E-state index in [1.165, 1.54) is 7.11 Å². The van der Waals surface area contributed by atoms with Crippen LogP contribution in [0.15, 0.2) is 0 Å². The third-order valence-corrected chi connectivity index (χ3v) is 2.06. The van der Waals surface area contributed by atoms with Gasteiger partial charge in [-0.3, -0.25) is 9.69 Å². The fourth-order valence-corrected chi connectivity index (χ4v) is 1.31. The standard InChI is InChI=1S/C12H25NO3/c1-6-7-13(10-11(14)15-5)8-9-16-12(2,3)4/h6-10H2,1-5H3. The third-order valence-electron chi connectivity index (χ3n) is 2.06. The second-order valence-corrected chi connectivity index (χ2v) is 4.81. The number of nitrogens with zero attached hydrogens (tertiary/aromatic N) is 1. The van der Waals surface area contributed by atoms with Gasteiger partial charge in [0.2, 0.25) is 0 Å². The highest BCUT2D eigenvalue weighted by Gasteiger charge is 2.13. The van der Waals surface area contributed by atoms with E-state index in [1.807, 2.05) is 20.8 Å². The van der Waals surface area contributed by atoms with Crippen molar-refractivity contribution in [1.29, 1.82) is 0 Å². The molecule has 0 aromatic heterocycles. The van der Waals surface area contributed by atoms with E-state index in [9.17, 15) is 4.79 Å². The predicted octanol–water partition coefficient (Wildman–Crippen LogP) is 1.69. The van der Waals surface area contributed by atoms with Crippen LogP contribution in [-0.2, 0) is 14.3 Å². The first-order valence-electron chi connectivity index (χ1n) is 5.82. The Morgan fingerprint density at radius 2 is 1.88 bits per heavy atom. The normalized spacial score (nSPS) is 11.9. The van der Waals surface area contributed by atoms with Crippen molar-refractivity contribution in [3.8, 4) is 0 Å². The number of carbonyl (C=O) groups is 1. The summed E-state index contributed by atoms with van der Waals surface area (Å²) >= 11 is 0. The Labute approximate surface area is 98.9 Å². The number of hydrogen-bond acceptors (Lipinski definition) is 4. The van der Waals surface area contributed by atoms with Crippen molar-refractivity contribution < 1.29 is 14.3 Å². The summed E-state index contributed by atoms with van der Waals surface area (Å²) < 4.78 is 10.3. The van der Waals surface area contributed by atoms with Crippen molar-refractivity contribution in [2.75, 3.05) is 33.4 Å². The van der Waals surface area contributed by atoms with Gasteiger partial charge in [0.1, 0.15) is 0 Å². The van der Waals surface area contributed by atoms with Gasteiger partial charge in [-0.25, -0.2) is 0 Å². The summed E-state index contributed by atoms with van der Waals surface area (Å²) in [4.78, 5) is 13.2. The zero-order valence-electron chi connectivity index (χ0n) is 11.2. The average Bonchev–Trinajstić information content (AvgIpc) is 2.15. The van der Waals surface area contributed by atoms with E-state index in [0.717, 1.165) is 19.5 Å². The predicted molar refractivity (Wildman–Crippen MR) is 64.5 cm³/mol. The maximum atomic E-state index is 11.2. The van der Waals surface area contributed by atoms with E-state index in [2.05, 4.69) is 16.6 Å². The van der Waals surface area contributed by atoms with Crippen LogP contribution >= 0.6 is 0 Å². The molecule has 0 saturated carbocycles. The summed E-state index contributed by atoms with van der Waals surface area (Å²) in [6, 6.07) is 0. The van der Waals surface area contributed by atoms with Crippen LogP contribution in [0.2, 0.25) is 0 Å². The molecule has 0 N–H and O–H groups in total. The Balaban J connectivity index is 3.89. The summed E-state index contributed by atoms with van der Waals surface area (Å²) in [7, 11) is 1.41. The van der Waals surface area contributed by atoms with Crippen LogP contribution in [-0.4, -0.2) is 49.8 Å². The number of methoxy groups -OCH3 is 1. The molecule has 0 aliphatic heterocycles. The van der Waals surface area contributed by atoms with Gasteiger partial charge >= 0.3 is 5.97 Å². The van der Waals surface area contributed by atoms with Crippen LogP contribution < -0.4 is 0 Å². The molecule has 0 atom stereocenters. The lowest BCUT2D eigenvalue weighted by molar-refractivity contribution is -0.142. The van der Waals surface area contributed by atoms with E-state index in [4.69, 9.17) is 4.74 Å². The van der Waals surface area contributed by atoms with Gasteiger partial charge in [0.15, 0.2) is 0 Å². The lowest BCUT2D eigenvalue weighted by atomic mass is 10.2. The molecule has 4 heteroatoms. The number of rotatable bonds is 7. The second kappa shape index (κ2) is 7.63. The van der Waals surface area contributed by atoms with Crippen LogP contribution in [0.3, 0.4) is 0 Å². The average molecular weight is 231 g/mol. The quantitative estimate of drug-likeness (QED) is 0.625. The van der Waals surface area contributed by atoms with E-state index in [0.29, 0.717) is 13.2 Å². The highest BCUT2D eigenvalue weighted by molar-refractivity contribution is 5.71. The summed E-state index contributed by atoms with van der Waals surface area (Å²) in [6.07, 6.45) is 1.02. The number of ether oxygens (including phenoxy) is 2. The first kappa shape index (κ1) is 15.4. The van der Waals surface area contributed by atoms with Gasteiger partial charge in [0.25, 0.3) is 0 Å². The van der Waals surface area contributed by atoms with Crippen molar-refractivity contribution in [3.63, 3.8) is 0 Å². The molecule has 0 aliphatic rings. The summed E-state index contributed by atoms with van der Waals surface area (Å²) in [5, 5.41) is 0. The van der Waals surface area contributed by atoms with E-state index in [-0.39, 0.29) is 11.6 Å². The molecule has 16 heavy (non-hydrogen) atoms. The smallest absolute Gasteiger partial charge is 0.319 e. The Bertz CT molecular complexity index is 199. The number of esters is 1. The zero-order valence-corrected chi connectivity index (χ0v) is 11.2. The van der Waals surface area contributed by atoms with Gasteiger partial charge in [0.05, 0.1) is 25.9 Å². The maximum Gasteiger partial charge on any atom is 0.319 e. The molecule has 0 aromatic rings. The van der Waals surface area contributed by atoms with Crippen molar-refractivity contribution in [3.05, 3.63) is 0 Å². The lowest BCUT2D eigenvalue weighted by Gasteiger charge is -2.24. The minimum Gasteiger partial charge on any atom is -0.468 e. The van der Waals surface area contributed by atoms with Crippen molar-refractivity contribution in [2.24, 2.45) is 0 Å². The molecule has 0 unspecified atom stereocenters. The highest BCUT2D eigenvalue weighted by Crippen LogP contribution is 2.06. The Morgan fingerprint density at radius 3 is 2.31 bits per heavy atom. The molecule has 4 nitrogen and oxygen atoms in total. The second-order valence-electron chi connectivity index (χ2n) is 4.81. The van der Waals surface area contributed by atoms with Crippen LogP contribution in [0.25, 0.3) is 0 Å². The molecular weight excluding hydrogens is 206 g/mol. The number of hydrogen-bond donors (Lipinski definition) is 0.